The van der Waals surface area contributed by atoms with Crippen molar-refractivity contribution in [3.63, 3.8) is 0 Å². The van der Waals surface area contributed by atoms with Crippen LogP contribution < -0.4 is 16.4 Å². The van der Waals surface area contributed by atoms with Gasteiger partial charge in [-0.3, -0.25) is 9.59 Å². The molecule has 0 spiro atoms. The van der Waals surface area contributed by atoms with Crippen LogP contribution in [0.5, 0.6) is 0 Å². The number of amides is 2. The molecule has 2 rings (SSSR count). The molecule has 0 fully saturated rings. The second-order valence-electron chi connectivity index (χ2n) is 6.06. The van der Waals surface area contributed by atoms with E-state index in [9.17, 15) is 9.59 Å². The minimum atomic E-state index is -0.628. The minimum absolute atomic E-state index is 0. The average molecular weight is 417 g/mol. The van der Waals surface area contributed by atoms with E-state index in [1.807, 2.05) is 43.5 Å². The Morgan fingerprint density at radius 2 is 1.96 bits per heavy atom. The van der Waals surface area contributed by atoms with Gasteiger partial charge in [0.1, 0.15) is 6.33 Å². The van der Waals surface area contributed by atoms with Gasteiger partial charge in [0.05, 0.1) is 12.6 Å². The second kappa shape index (κ2) is 11.5. The summed E-state index contributed by atoms with van der Waals surface area (Å²) in [6.07, 6.45) is 1.66. The lowest BCUT2D eigenvalue weighted by atomic mass is 10.1. The summed E-state index contributed by atoms with van der Waals surface area (Å²) in [6, 6.07) is 6.68. The van der Waals surface area contributed by atoms with E-state index in [0.29, 0.717) is 5.69 Å². The molecule has 0 aliphatic heterocycles. The number of aryl methyl sites for hydroxylation is 1. The van der Waals surface area contributed by atoms with Crippen LogP contribution in [-0.2, 0) is 16.1 Å². The molecule has 0 unspecified atom stereocenters. The summed E-state index contributed by atoms with van der Waals surface area (Å²) >= 11 is 0. The molecule has 2 aromatic rings. The van der Waals surface area contributed by atoms with E-state index in [-0.39, 0.29) is 49.1 Å². The topological polar surface area (TPSA) is 115 Å². The van der Waals surface area contributed by atoms with E-state index in [1.165, 1.54) is 0 Å². The lowest BCUT2D eigenvalue weighted by molar-refractivity contribution is -0.125. The molecule has 0 aliphatic carbocycles. The number of anilines is 1. The molecule has 27 heavy (non-hydrogen) atoms. The highest BCUT2D eigenvalue weighted by Gasteiger charge is 2.17. The van der Waals surface area contributed by atoms with Gasteiger partial charge in [0.25, 0.3) is 0 Å². The zero-order valence-corrected chi connectivity index (χ0v) is 17.1. The Hall–Kier alpha value is -2.16. The maximum Gasteiger partial charge on any atom is 0.243 e. The molecule has 8 nitrogen and oxygen atoms in total. The first kappa shape index (κ1) is 24.8. The highest BCUT2D eigenvalue weighted by Crippen LogP contribution is 2.20. The van der Waals surface area contributed by atoms with Crippen LogP contribution in [0.1, 0.15) is 20.8 Å². The van der Waals surface area contributed by atoms with Crippen LogP contribution in [0.4, 0.5) is 5.69 Å². The normalized spacial score (nSPS) is 11.1. The van der Waals surface area contributed by atoms with Gasteiger partial charge in [-0.2, -0.15) is 0 Å². The summed E-state index contributed by atoms with van der Waals surface area (Å²) in [5.41, 5.74) is 7.21. The number of carbonyl (C=O) groups excluding carboxylic acids is 2. The summed E-state index contributed by atoms with van der Waals surface area (Å²) in [6.45, 7) is 6.33. The Morgan fingerprint density at radius 3 is 2.59 bits per heavy atom. The maximum atomic E-state index is 12.0. The fourth-order valence-electron chi connectivity index (χ4n) is 2.24. The lowest BCUT2D eigenvalue weighted by Crippen LogP contribution is -2.46. The number of hydrogen-bond acceptors (Lipinski definition) is 5. The lowest BCUT2D eigenvalue weighted by Gasteiger charge is -2.15. The van der Waals surface area contributed by atoms with E-state index < -0.39 is 6.04 Å². The van der Waals surface area contributed by atoms with Crippen molar-refractivity contribution >= 4 is 42.3 Å². The highest BCUT2D eigenvalue weighted by molar-refractivity contribution is 5.95. The second-order valence-corrected chi connectivity index (χ2v) is 6.06. The van der Waals surface area contributed by atoms with Crippen molar-refractivity contribution in [1.29, 1.82) is 0 Å². The van der Waals surface area contributed by atoms with E-state index in [2.05, 4.69) is 20.8 Å². The minimum Gasteiger partial charge on any atom is -0.346 e. The molecule has 0 aliphatic rings. The van der Waals surface area contributed by atoms with Crippen LogP contribution in [0.25, 0.3) is 11.4 Å². The highest BCUT2D eigenvalue weighted by atomic mass is 35.5. The van der Waals surface area contributed by atoms with Crippen LogP contribution in [0.3, 0.4) is 0 Å². The Morgan fingerprint density at radius 1 is 1.26 bits per heavy atom. The smallest absolute Gasteiger partial charge is 0.243 e. The van der Waals surface area contributed by atoms with Crippen molar-refractivity contribution in [2.45, 2.75) is 33.4 Å². The van der Waals surface area contributed by atoms with Gasteiger partial charge < -0.3 is 20.9 Å². The van der Waals surface area contributed by atoms with E-state index >= 15 is 0 Å². The number of rotatable bonds is 7. The number of nitrogens with one attached hydrogen (secondary N) is 2. The van der Waals surface area contributed by atoms with Gasteiger partial charge in [-0.05, 0) is 25.0 Å². The van der Waals surface area contributed by atoms with Gasteiger partial charge in [-0.15, -0.1) is 35.0 Å². The standard InChI is InChI=1S/C17H24N6O2.2ClH/c1-4-23-10-20-22-16(23)12-6-5-7-13(8-12)21-14(24)9-19-17(25)15(18)11(2)3;;/h5-8,10-11,15H,4,9,18H2,1-3H3,(H,19,25)(H,21,24);2*1H/t15-;;/m0../s1. The molecular formula is C17H26Cl2N6O2. The molecule has 150 valence electrons. The molecule has 1 heterocycles. The predicted molar refractivity (Wildman–Crippen MR) is 110 cm³/mol. The van der Waals surface area contributed by atoms with Crippen molar-refractivity contribution in [2.75, 3.05) is 11.9 Å². The van der Waals surface area contributed by atoms with E-state index in [0.717, 1.165) is 17.9 Å². The zero-order chi connectivity index (χ0) is 18.4. The molecule has 4 N–H and O–H groups in total. The van der Waals surface area contributed by atoms with Gasteiger partial charge in [0, 0.05) is 17.8 Å². The van der Waals surface area contributed by atoms with Gasteiger partial charge in [-0.1, -0.05) is 26.0 Å². The Kier molecular flexibility index (Phi) is 10.6. The van der Waals surface area contributed by atoms with Crippen LogP contribution in [0, 0.1) is 5.92 Å². The fraction of sp³-hybridized carbons (Fsp3) is 0.412. The molecule has 1 aromatic carbocycles. The first-order valence-electron chi connectivity index (χ1n) is 8.23. The summed E-state index contributed by atoms with van der Waals surface area (Å²) in [5, 5.41) is 13.3. The average Bonchev–Trinajstić information content (AvgIpc) is 3.07. The van der Waals surface area contributed by atoms with E-state index in [1.54, 1.807) is 12.4 Å². The Balaban J connectivity index is 0.00000338. The van der Waals surface area contributed by atoms with Gasteiger partial charge in [0.2, 0.25) is 11.8 Å². The van der Waals surface area contributed by atoms with Crippen LogP contribution in [-0.4, -0.2) is 39.2 Å². The molecule has 2 amide bonds. The molecule has 0 saturated carbocycles. The van der Waals surface area contributed by atoms with E-state index in [4.69, 9.17) is 5.73 Å². The monoisotopic (exact) mass is 416 g/mol. The van der Waals surface area contributed by atoms with Crippen molar-refractivity contribution in [1.82, 2.24) is 20.1 Å². The maximum absolute atomic E-state index is 12.0. The van der Waals surface area contributed by atoms with Crippen molar-refractivity contribution < 1.29 is 9.59 Å². The Labute approximate surface area is 171 Å². The number of nitrogens with zero attached hydrogens (tertiary/aromatic N) is 3. The largest absolute Gasteiger partial charge is 0.346 e. The summed E-state index contributed by atoms with van der Waals surface area (Å²) in [7, 11) is 0. The molecular weight excluding hydrogens is 391 g/mol. The number of hydrogen-bond donors (Lipinski definition) is 3. The number of carbonyl (C=O) groups is 2. The quantitative estimate of drug-likeness (QED) is 0.636. The van der Waals surface area contributed by atoms with Crippen LogP contribution >= 0.6 is 24.8 Å². The number of halogens is 2. The Bertz CT molecular complexity index is 751. The third kappa shape index (κ3) is 6.82. The predicted octanol–water partition coefficient (Wildman–Crippen LogP) is 1.85. The zero-order valence-electron chi connectivity index (χ0n) is 15.5. The van der Waals surface area contributed by atoms with Crippen molar-refractivity contribution in [3.8, 4) is 11.4 Å². The van der Waals surface area contributed by atoms with Gasteiger partial charge in [-0.25, -0.2) is 0 Å². The van der Waals surface area contributed by atoms with Gasteiger partial charge >= 0.3 is 0 Å². The number of nitrogens with two attached hydrogens (primary N) is 1. The molecule has 0 saturated heterocycles. The molecule has 1 atom stereocenters. The molecule has 0 bridgehead atoms. The third-order valence-corrected chi connectivity index (χ3v) is 3.80. The summed E-state index contributed by atoms with van der Waals surface area (Å²) in [5.74, 6) is 0.0823. The fourth-order valence-corrected chi connectivity index (χ4v) is 2.24. The summed E-state index contributed by atoms with van der Waals surface area (Å²) in [4.78, 5) is 23.8. The number of benzene rings is 1. The number of aromatic nitrogens is 3. The molecule has 0 radical (unpaired) electrons. The first-order chi connectivity index (χ1) is 11.9. The van der Waals surface area contributed by atoms with Gasteiger partial charge in [0.15, 0.2) is 5.82 Å². The van der Waals surface area contributed by atoms with Crippen LogP contribution in [0.15, 0.2) is 30.6 Å². The van der Waals surface area contributed by atoms with Crippen molar-refractivity contribution in [3.05, 3.63) is 30.6 Å². The third-order valence-electron chi connectivity index (χ3n) is 3.80. The molecule has 10 heteroatoms. The SMILES string of the molecule is CCn1cnnc1-c1cccc(NC(=O)CNC(=O)[C@@H](N)C(C)C)c1.Cl.Cl. The first-order valence-corrected chi connectivity index (χ1v) is 8.23. The van der Waals surface area contributed by atoms with Crippen LogP contribution in [0.2, 0.25) is 0 Å². The summed E-state index contributed by atoms with van der Waals surface area (Å²) < 4.78 is 1.91. The molecule has 1 aromatic heterocycles. The van der Waals surface area contributed by atoms with Crippen molar-refractivity contribution in [2.24, 2.45) is 11.7 Å².